The maximum Gasteiger partial charge on any atom is 0.259 e. The van der Waals surface area contributed by atoms with Gasteiger partial charge in [0.25, 0.3) is 11.8 Å². The summed E-state index contributed by atoms with van der Waals surface area (Å²) in [5.41, 5.74) is 2.18. The Morgan fingerprint density at radius 1 is 0.786 bits per heavy atom. The van der Waals surface area contributed by atoms with Crippen LogP contribution in [-0.4, -0.2) is 16.8 Å². The highest BCUT2D eigenvalue weighted by Gasteiger charge is 2.16. The lowest BCUT2D eigenvalue weighted by Gasteiger charge is -2.10. The molecule has 0 aliphatic heterocycles. The van der Waals surface area contributed by atoms with Crippen LogP contribution < -0.4 is 10.6 Å². The van der Waals surface area contributed by atoms with Crippen molar-refractivity contribution in [2.45, 2.75) is 0 Å². The van der Waals surface area contributed by atoms with E-state index in [1.807, 2.05) is 29.0 Å². The van der Waals surface area contributed by atoms with Crippen molar-refractivity contribution in [2.75, 3.05) is 10.6 Å². The third-order valence-electron chi connectivity index (χ3n) is 3.95. The Hall–Kier alpha value is -3.29. The molecule has 0 aliphatic rings. The maximum absolute atomic E-state index is 12.8. The predicted molar refractivity (Wildman–Crippen MR) is 114 cm³/mol. The first-order valence-electron chi connectivity index (χ1n) is 8.47. The Morgan fingerprint density at radius 3 is 2.36 bits per heavy atom. The second-order valence-corrected chi connectivity index (χ2v) is 7.64. The summed E-state index contributed by atoms with van der Waals surface area (Å²) < 4.78 is 0. The fraction of sp³-hybridized carbons (Fsp3) is 0. The molecular formula is C21H15N3O2S2. The van der Waals surface area contributed by atoms with Crippen LogP contribution in [0.2, 0.25) is 0 Å². The van der Waals surface area contributed by atoms with Gasteiger partial charge in [0, 0.05) is 10.9 Å². The van der Waals surface area contributed by atoms with Gasteiger partial charge in [-0.05, 0) is 35.7 Å². The molecule has 4 aromatic rings. The van der Waals surface area contributed by atoms with Gasteiger partial charge in [-0.1, -0.05) is 36.4 Å². The minimum atomic E-state index is -0.323. The fourth-order valence-electron chi connectivity index (χ4n) is 2.61. The van der Waals surface area contributed by atoms with E-state index in [0.29, 0.717) is 21.9 Å². The predicted octanol–water partition coefficient (Wildman–Crippen LogP) is 5.38. The molecule has 0 bridgehead atoms. The molecule has 2 heterocycles. The van der Waals surface area contributed by atoms with E-state index in [0.717, 1.165) is 10.6 Å². The number of aromatic nitrogens is 1. The zero-order chi connectivity index (χ0) is 19.3. The van der Waals surface area contributed by atoms with Crippen LogP contribution in [0.15, 0.2) is 77.5 Å². The van der Waals surface area contributed by atoms with E-state index >= 15 is 0 Å². The van der Waals surface area contributed by atoms with Crippen LogP contribution in [0.4, 0.5) is 10.8 Å². The number of carbonyl (C=O) groups is 2. The third-order valence-corrected chi connectivity index (χ3v) is 5.60. The summed E-state index contributed by atoms with van der Waals surface area (Å²) in [6.45, 7) is 0. The number of nitrogens with one attached hydrogen (secondary N) is 2. The Labute approximate surface area is 169 Å². The van der Waals surface area contributed by atoms with Crippen molar-refractivity contribution in [1.29, 1.82) is 0 Å². The molecule has 2 amide bonds. The standard InChI is InChI=1S/C21H15N3O2S2/c25-19(14-7-2-1-3-8-14)22-16-10-5-4-9-15(16)20(26)24-21-23-17(13-28-21)18-11-6-12-27-18/h1-13H,(H,22,25)(H,23,24,26). The number of para-hydroxylation sites is 1. The molecule has 2 N–H and O–H groups in total. The minimum absolute atomic E-state index is 0.268. The van der Waals surface area contributed by atoms with Gasteiger partial charge in [-0.3, -0.25) is 14.9 Å². The smallest absolute Gasteiger partial charge is 0.259 e. The summed E-state index contributed by atoms with van der Waals surface area (Å²) in [5.74, 6) is -0.592. The number of thiophene rings is 1. The molecular weight excluding hydrogens is 390 g/mol. The fourth-order valence-corrected chi connectivity index (χ4v) is 4.07. The number of anilines is 2. The topological polar surface area (TPSA) is 71.1 Å². The number of hydrogen-bond donors (Lipinski definition) is 2. The monoisotopic (exact) mass is 405 g/mol. The van der Waals surface area contributed by atoms with E-state index in [4.69, 9.17) is 0 Å². The Balaban J connectivity index is 1.51. The molecule has 7 heteroatoms. The first kappa shape index (κ1) is 18.1. The number of rotatable bonds is 5. The molecule has 4 rings (SSSR count). The van der Waals surface area contributed by atoms with Gasteiger partial charge in [-0.25, -0.2) is 4.98 Å². The van der Waals surface area contributed by atoms with Crippen LogP contribution >= 0.6 is 22.7 Å². The molecule has 2 aromatic heterocycles. The van der Waals surface area contributed by atoms with Gasteiger partial charge < -0.3 is 5.32 Å². The largest absolute Gasteiger partial charge is 0.321 e. The lowest BCUT2D eigenvalue weighted by atomic mass is 10.1. The molecule has 138 valence electrons. The number of thiazole rings is 1. The quantitative estimate of drug-likeness (QED) is 0.468. The number of amides is 2. The molecule has 0 spiro atoms. The van der Waals surface area contributed by atoms with E-state index in [2.05, 4.69) is 15.6 Å². The molecule has 0 fully saturated rings. The van der Waals surface area contributed by atoms with Crippen molar-refractivity contribution in [3.05, 3.63) is 88.6 Å². The lowest BCUT2D eigenvalue weighted by Crippen LogP contribution is -2.18. The maximum atomic E-state index is 12.8. The zero-order valence-corrected chi connectivity index (χ0v) is 16.2. The number of hydrogen-bond acceptors (Lipinski definition) is 5. The second-order valence-electron chi connectivity index (χ2n) is 5.84. The first-order chi connectivity index (χ1) is 13.7. The van der Waals surface area contributed by atoms with Crippen molar-refractivity contribution in [3.63, 3.8) is 0 Å². The Morgan fingerprint density at radius 2 is 1.57 bits per heavy atom. The summed E-state index contributed by atoms with van der Waals surface area (Å²) >= 11 is 2.96. The highest BCUT2D eigenvalue weighted by molar-refractivity contribution is 7.16. The van der Waals surface area contributed by atoms with Crippen LogP contribution in [0, 0.1) is 0 Å². The molecule has 5 nitrogen and oxygen atoms in total. The molecule has 0 saturated carbocycles. The molecule has 0 unspecified atom stereocenters. The van der Waals surface area contributed by atoms with Crippen LogP contribution in [0.25, 0.3) is 10.6 Å². The van der Waals surface area contributed by atoms with Gasteiger partial charge in [0.1, 0.15) is 0 Å². The summed E-state index contributed by atoms with van der Waals surface area (Å²) in [5, 5.41) is 10.0. The third kappa shape index (κ3) is 4.00. The van der Waals surface area contributed by atoms with Crippen molar-refractivity contribution in [3.8, 4) is 10.6 Å². The highest BCUT2D eigenvalue weighted by Crippen LogP contribution is 2.29. The molecule has 0 saturated heterocycles. The summed E-state index contributed by atoms with van der Waals surface area (Å²) in [6, 6.07) is 19.7. The van der Waals surface area contributed by atoms with Crippen molar-refractivity contribution >= 4 is 45.3 Å². The van der Waals surface area contributed by atoms with Gasteiger partial charge in [-0.2, -0.15) is 0 Å². The lowest BCUT2D eigenvalue weighted by molar-refractivity contribution is 0.102. The molecule has 0 atom stereocenters. The van der Waals surface area contributed by atoms with E-state index < -0.39 is 0 Å². The average Bonchev–Trinajstić information content (AvgIpc) is 3.41. The average molecular weight is 406 g/mol. The normalized spacial score (nSPS) is 10.4. The van der Waals surface area contributed by atoms with Crippen molar-refractivity contribution in [1.82, 2.24) is 4.98 Å². The van der Waals surface area contributed by atoms with Gasteiger partial charge in [0.05, 0.1) is 21.8 Å². The summed E-state index contributed by atoms with van der Waals surface area (Å²) in [6.07, 6.45) is 0. The number of nitrogens with zero attached hydrogens (tertiary/aromatic N) is 1. The Kier molecular flexibility index (Phi) is 5.27. The van der Waals surface area contributed by atoms with Crippen LogP contribution in [0.3, 0.4) is 0 Å². The van der Waals surface area contributed by atoms with E-state index in [1.165, 1.54) is 11.3 Å². The van der Waals surface area contributed by atoms with Crippen LogP contribution in [-0.2, 0) is 0 Å². The number of benzene rings is 2. The zero-order valence-electron chi connectivity index (χ0n) is 14.6. The molecule has 28 heavy (non-hydrogen) atoms. The summed E-state index contributed by atoms with van der Waals surface area (Å²) in [7, 11) is 0. The van der Waals surface area contributed by atoms with Gasteiger partial charge in [-0.15, -0.1) is 22.7 Å². The minimum Gasteiger partial charge on any atom is -0.321 e. The van der Waals surface area contributed by atoms with E-state index in [-0.39, 0.29) is 11.8 Å². The van der Waals surface area contributed by atoms with E-state index in [9.17, 15) is 9.59 Å². The first-order valence-corrected chi connectivity index (χ1v) is 10.2. The second kappa shape index (κ2) is 8.16. The van der Waals surface area contributed by atoms with Crippen molar-refractivity contribution < 1.29 is 9.59 Å². The molecule has 0 radical (unpaired) electrons. The summed E-state index contributed by atoms with van der Waals surface area (Å²) in [4.78, 5) is 30.7. The highest BCUT2D eigenvalue weighted by atomic mass is 32.1. The molecule has 0 aliphatic carbocycles. The van der Waals surface area contributed by atoms with Crippen LogP contribution in [0.1, 0.15) is 20.7 Å². The van der Waals surface area contributed by atoms with Gasteiger partial charge >= 0.3 is 0 Å². The number of carbonyl (C=O) groups excluding carboxylic acids is 2. The Bertz CT molecular complexity index is 1110. The van der Waals surface area contributed by atoms with Crippen molar-refractivity contribution in [2.24, 2.45) is 0 Å². The SMILES string of the molecule is O=C(Nc1ccccc1C(=O)Nc1nc(-c2cccs2)cs1)c1ccccc1. The molecule has 2 aromatic carbocycles. The van der Waals surface area contributed by atoms with Gasteiger partial charge in [0.2, 0.25) is 0 Å². The van der Waals surface area contributed by atoms with Crippen LogP contribution in [0.5, 0.6) is 0 Å². The van der Waals surface area contributed by atoms with Gasteiger partial charge in [0.15, 0.2) is 5.13 Å². The van der Waals surface area contributed by atoms with E-state index in [1.54, 1.807) is 59.9 Å².